The van der Waals surface area contributed by atoms with Crippen LogP contribution < -0.4 is 15.7 Å². The molecule has 0 saturated heterocycles. The molecule has 35 heavy (non-hydrogen) atoms. The molecule has 7 nitrogen and oxygen atoms in total. The highest BCUT2D eigenvalue weighted by Crippen LogP contribution is 2.32. The lowest BCUT2D eigenvalue weighted by Crippen LogP contribution is -2.47. The first kappa shape index (κ1) is 26.3. The van der Waals surface area contributed by atoms with E-state index in [0.29, 0.717) is 18.2 Å². The Hall–Kier alpha value is -3.32. The average Bonchev–Trinajstić information content (AvgIpc) is 2.85. The van der Waals surface area contributed by atoms with Gasteiger partial charge in [0, 0.05) is 17.5 Å². The minimum atomic E-state index is -0.960. The third-order valence-electron chi connectivity index (χ3n) is 5.85. The zero-order chi connectivity index (χ0) is 25.4. The van der Waals surface area contributed by atoms with Gasteiger partial charge in [-0.15, -0.1) is 0 Å². The number of esters is 1. The van der Waals surface area contributed by atoms with Crippen LogP contribution in [0.25, 0.3) is 11.0 Å². The lowest BCUT2D eigenvalue weighted by molar-refractivity contribution is -0.138. The van der Waals surface area contributed by atoms with Crippen LogP contribution in [0.1, 0.15) is 51.2 Å². The lowest BCUT2D eigenvalue weighted by atomic mass is 9.99. The molecule has 0 radical (unpaired) electrons. The van der Waals surface area contributed by atoms with Gasteiger partial charge in [-0.3, -0.25) is 0 Å². The maximum atomic E-state index is 13.0. The van der Waals surface area contributed by atoms with E-state index in [2.05, 4.69) is 12.2 Å². The molecule has 0 spiro atoms. The number of carbonyl (C=O) groups is 2. The number of fused-ring (bicyclic) bond motifs is 1. The molecule has 2 unspecified atom stereocenters. The van der Waals surface area contributed by atoms with E-state index in [9.17, 15) is 14.4 Å². The molecule has 1 heterocycles. The summed E-state index contributed by atoms with van der Waals surface area (Å²) in [6.45, 7) is 5.87. The van der Waals surface area contributed by atoms with E-state index < -0.39 is 23.7 Å². The number of alkyl carbamates (subject to hydrolysis) is 1. The summed E-state index contributed by atoms with van der Waals surface area (Å²) in [4.78, 5) is 37.5. The number of hydrogen-bond acceptors (Lipinski definition) is 6. The third kappa shape index (κ3) is 7.09. The van der Waals surface area contributed by atoms with Gasteiger partial charge in [-0.25, -0.2) is 14.4 Å². The number of carbonyl (C=O) groups excluding carboxylic acids is 2. The Morgan fingerprint density at radius 3 is 2.54 bits per heavy atom. The molecule has 186 valence electrons. The topological polar surface area (TPSA) is 94.8 Å². The first-order valence-corrected chi connectivity index (χ1v) is 12.1. The normalized spacial score (nSPS) is 12.7. The zero-order valence-electron chi connectivity index (χ0n) is 20.1. The summed E-state index contributed by atoms with van der Waals surface area (Å²) in [6, 6.07) is 12.8. The van der Waals surface area contributed by atoms with Crippen molar-refractivity contribution in [2.24, 2.45) is 5.92 Å². The van der Waals surface area contributed by atoms with Gasteiger partial charge in [-0.1, -0.05) is 75.5 Å². The van der Waals surface area contributed by atoms with E-state index in [1.54, 1.807) is 6.07 Å². The summed E-state index contributed by atoms with van der Waals surface area (Å²) in [5, 5.41) is 3.50. The molecule has 0 aliphatic carbocycles. The number of amides is 1. The zero-order valence-corrected chi connectivity index (χ0v) is 20.9. The number of halogens is 1. The smallest absolute Gasteiger partial charge is 0.408 e. The highest BCUT2D eigenvalue weighted by Gasteiger charge is 2.29. The van der Waals surface area contributed by atoms with Crippen molar-refractivity contribution in [1.82, 2.24) is 5.32 Å². The molecular formula is C27H30ClNO6. The van der Waals surface area contributed by atoms with Crippen LogP contribution in [-0.2, 0) is 22.6 Å². The number of aryl methyl sites for hydroxylation is 1. The molecule has 2 atom stereocenters. The Labute approximate surface area is 209 Å². The largest absolute Gasteiger partial charge is 0.445 e. The predicted molar refractivity (Wildman–Crippen MR) is 135 cm³/mol. The van der Waals surface area contributed by atoms with Gasteiger partial charge in [-0.05, 0) is 36.0 Å². The maximum Gasteiger partial charge on any atom is 0.408 e. The lowest BCUT2D eigenvalue weighted by Gasteiger charge is -2.22. The van der Waals surface area contributed by atoms with Gasteiger partial charge in [0.05, 0.1) is 5.02 Å². The highest BCUT2D eigenvalue weighted by atomic mass is 35.5. The third-order valence-corrected chi connectivity index (χ3v) is 6.14. The van der Waals surface area contributed by atoms with Crippen LogP contribution in [0, 0.1) is 5.92 Å². The molecule has 1 aromatic heterocycles. The first-order chi connectivity index (χ1) is 16.8. The Morgan fingerprint density at radius 2 is 1.86 bits per heavy atom. The summed E-state index contributed by atoms with van der Waals surface area (Å²) < 4.78 is 16.2. The second kappa shape index (κ2) is 12.4. The predicted octanol–water partition coefficient (Wildman–Crippen LogP) is 6.04. The van der Waals surface area contributed by atoms with E-state index >= 15 is 0 Å². The molecule has 0 saturated carbocycles. The fourth-order valence-electron chi connectivity index (χ4n) is 3.61. The molecule has 8 heteroatoms. The summed E-state index contributed by atoms with van der Waals surface area (Å²) in [7, 11) is 0. The SMILES string of the molecule is CCCCc1cc(=O)oc2cc(OC(=O)C(NC(=O)OCc3ccccc3)C(C)CC)c(Cl)cc12. The summed E-state index contributed by atoms with van der Waals surface area (Å²) in [5.41, 5.74) is 1.46. The van der Waals surface area contributed by atoms with Crippen LogP contribution in [-0.4, -0.2) is 18.1 Å². The number of ether oxygens (including phenoxy) is 2. The number of rotatable bonds is 10. The van der Waals surface area contributed by atoms with Crippen LogP contribution in [0.2, 0.25) is 5.02 Å². The van der Waals surface area contributed by atoms with E-state index in [-0.39, 0.29) is 28.9 Å². The van der Waals surface area contributed by atoms with Crippen molar-refractivity contribution >= 4 is 34.6 Å². The molecule has 3 aromatic rings. The summed E-state index contributed by atoms with van der Waals surface area (Å²) >= 11 is 6.43. The Morgan fingerprint density at radius 1 is 1.11 bits per heavy atom. The summed E-state index contributed by atoms with van der Waals surface area (Å²) in [5.74, 6) is -0.876. The Bertz CT molecular complexity index is 1220. The molecule has 3 rings (SSSR count). The van der Waals surface area contributed by atoms with Crippen molar-refractivity contribution in [2.75, 3.05) is 0 Å². The minimum absolute atomic E-state index is 0.0488. The van der Waals surface area contributed by atoms with Gasteiger partial charge < -0.3 is 19.2 Å². The quantitative estimate of drug-likeness (QED) is 0.208. The van der Waals surface area contributed by atoms with Crippen LogP contribution in [0.4, 0.5) is 4.79 Å². The first-order valence-electron chi connectivity index (χ1n) is 11.8. The molecular weight excluding hydrogens is 470 g/mol. The standard InChI is InChI=1S/C27H30ClNO6/c1-4-6-12-19-13-24(30)34-22-15-23(21(28)14-20(19)22)35-26(31)25(17(3)5-2)29-27(32)33-16-18-10-8-7-9-11-18/h7-11,13-15,17,25H,4-6,12,16H2,1-3H3,(H,29,32). The molecule has 0 aliphatic rings. The Balaban J connectivity index is 1.77. The second-order valence-electron chi connectivity index (χ2n) is 8.46. The Kier molecular flexibility index (Phi) is 9.32. The van der Waals surface area contributed by atoms with Crippen molar-refractivity contribution in [3.8, 4) is 5.75 Å². The molecule has 2 aromatic carbocycles. The van der Waals surface area contributed by atoms with Gasteiger partial charge in [0.15, 0.2) is 5.75 Å². The van der Waals surface area contributed by atoms with Crippen LogP contribution in [0.15, 0.2) is 57.7 Å². The number of unbranched alkanes of at least 4 members (excludes halogenated alkanes) is 1. The van der Waals surface area contributed by atoms with Crippen molar-refractivity contribution in [3.05, 3.63) is 75.1 Å². The number of hydrogen-bond donors (Lipinski definition) is 1. The highest BCUT2D eigenvalue weighted by molar-refractivity contribution is 6.33. The van der Waals surface area contributed by atoms with E-state index in [4.69, 9.17) is 25.5 Å². The number of nitrogens with one attached hydrogen (secondary N) is 1. The van der Waals surface area contributed by atoms with Gasteiger partial charge in [0.2, 0.25) is 0 Å². The van der Waals surface area contributed by atoms with Gasteiger partial charge in [-0.2, -0.15) is 0 Å². The minimum Gasteiger partial charge on any atom is -0.445 e. The fraction of sp³-hybridized carbons (Fsp3) is 0.370. The van der Waals surface area contributed by atoms with Crippen molar-refractivity contribution in [2.45, 2.75) is 59.1 Å². The molecule has 0 fully saturated rings. The van der Waals surface area contributed by atoms with Crippen LogP contribution in [0.5, 0.6) is 5.75 Å². The fourth-order valence-corrected chi connectivity index (χ4v) is 3.82. The maximum absolute atomic E-state index is 13.0. The van der Waals surface area contributed by atoms with Gasteiger partial charge in [0.1, 0.15) is 18.2 Å². The summed E-state index contributed by atoms with van der Waals surface area (Å²) in [6.07, 6.45) is 2.48. The van der Waals surface area contributed by atoms with Crippen molar-refractivity contribution in [1.29, 1.82) is 0 Å². The molecule has 1 N–H and O–H groups in total. The average molecular weight is 500 g/mol. The van der Waals surface area contributed by atoms with Crippen molar-refractivity contribution < 1.29 is 23.5 Å². The monoisotopic (exact) mass is 499 g/mol. The van der Waals surface area contributed by atoms with E-state index in [1.165, 1.54) is 12.1 Å². The van der Waals surface area contributed by atoms with Gasteiger partial charge >= 0.3 is 17.7 Å². The molecule has 1 amide bonds. The van der Waals surface area contributed by atoms with E-state index in [0.717, 1.165) is 24.0 Å². The molecule has 0 bridgehead atoms. The van der Waals surface area contributed by atoms with Crippen LogP contribution >= 0.6 is 11.6 Å². The second-order valence-corrected chi connectivity index (χ2v) is 8.87. The van der Waals surface area contributed by atoms with Crippen LogP contribution in [0.3, 0.4) is 0 Å². The number of benzene rings is 2. The molecule has 0 aliphatic heterocycles. The van der Waals surface area contributed by atoms with E-state index in [1.807, 2.05) is 44.2 Å². The van der Waals surface area contributed by atoms with Gasteiger partial charge in [0.25, 0.3) is 0 Å². The van der Waals surface area contributed by atoms with Crippen molar-refractivity contribution in [3.63, 3.8) is 0 Å².